The summed E-state index contributed by atoms with van der Waals surface area (Å²) in [6.07, 6.45) is 1.99. The molecule has 1 N–H and O–H groups in total. The number of benzene rings is 2. The number of ketones is 2. The zero-order chi connectivity index (χ0) is 20.8. The molecule has 2 aromatic rings. The largest absolute Gasteiger partial charge is 0.478 e. The minimum Gasteiger partial charge on any atom is -0.478 e. The number of carbonyl (C=O) groups is 3. The van der Waals surface area contributed by atoms with E-state index in [0.717, 1.165) is 10.4 Å². The predicted octanol–water partition coefficient (Wildman–Crippen LogP) is 1.88. The van der Waals surface area contributed by atoms with Crippen molar-refractivity contribution in [3.63, 3.8) is 0 Å². The highest BCUT2D eigenvalue weighted by Crippen LogP contribution is 2.44. The molecule has 0 saturated heterocycles. The fraction of sp³-hybridized carbons (Fsp3) is 0.0952. The number of nitrogens with zero attached hydrogens (tertiary/aromatic N) is 1. The van der Waals surface area contributed by atoms with Crippen molar-refractivity contribution in [3.8, 4) is 0 Å². The summed E-state index contributed by atoms with van der Waals surface area (Å²) in [5.74, 6) is -4.46. The Labute approximate surface area is 166 Å². The van der Waals surface area contributed by atoms with Gasteiger partial charge in [-0.2, -0.15) is 0 Å². The maximum atomic E-state index is 13.3. The van der Waals surface area contributed by atoms with Gasteiger partial charge in [0.25, 0.3) is 10.0 Å². The number of hydrogen-bond donors (Lipinski definition) is 1. The number of carboxylic acid groups (broad SMARTS) is 1. The lowest BCUT2D eigenvalue weighted by Gasteiger charge is -2.31. The molecule has 2 unspecified atom stereocenters. The highest BCUT2D eigenvalue weighted by atomic mass is 32.2. The Morgan fingerprint density at radius 1 is 0.931 bits per heavy atom. The average molecular weight is 409 g/mol. The molecule has 7 nitrogen and oxygen atoms in total. The maximum absolute atomic E-state index is 13.3. The molecule has 1 heterocycles. The van der Waals surface area contributed by atoms with Gasteiger partial charge in [0.1, 0.15) is 0 Å². The van der Waals surface area contributed by atoms with Crippen molar-refractivity contribution in [1.29, 1.82) is 0 Å². The van der Waals surface area contributed by atoms with Crippen molar-refractivity contribution in [2.24, 2.45) is 5.92 Å². The first-order chi connectivity index (χ1) is 13.8. The summed E-state index contributed by atoms with van der Waals surface area (Å²) >= 11 is 0. The topological polar surface area (TPSA) is 109 Å². The van der Waals surface area contributed by atoms with E-state index in [-0.39, 0.29) is 4.90 Å². The molecule has 29 heavy (non-hydrogen) atoms. The molecular formula is C21H15NO6S. The van der Waals surface area contributed by atoms with Crippen LogP contribution in [-0.2, 0) is 24.4 Å². The first kappa shape index (κ1) is 18.8. The summed E-state index contributed by atoms with van der Waals surface area (Å²) in [6.45, 7) is 0. The second kappa shape index (κ2) is 6.82. The van der Waals surface area contributed by atoms with Gasteiger partial charge in [-0.15, -0.1) is 0 Å². The predicted molar refractivity (Wildman–Crippen MR) is 103 cm³/mol. The number of Topliss-reactive ketones (excluding diaryl/α,β-unsaturated/α-hetero) is 1. The number of fused-ring (bicyclic) bond motifs is 1. The van der Waals surface area contributed by atoms with E-state index in [1.165, 1.54) is 18.3 Å². The molecule has 4 rings (SSSR count). The Balaban J connectivity index is 1.95. The van der Waals surface area contributed by atoms with Gasteiger partial charge >= 0.3 is 5.97 Å². The van der Waals surface area contributed by atoms with Gasteiger partial charge in [0.2, 0.25) is 11.6 Å². The van der Waals surface area contributed by atoms with Crippen LogP contribution in [0.25, 0.3) is 5.57 Å². The second-order valence-electron chi connectivity index (χ2n) is 6.65. The lowest BCUT2D eigenvalue weighted by atomic mass is 9.78. The van der Waals surface area contributed by atoms with E-state index in [0.29, 0.717) is 11.1 Å². The Hall–Kier alpha value is -3.52. The van der Waals surface area contributed by atoms with Crippen LogP contribution in [0, 0.1) is 5.92 Å². The lowest BCUT2D eigenvalue weighted by Crippen LogP contribution is -2.47. The SMILES string of the molecule is O=C(O)C1=CC(=O)C(=O)C2C(c3ccccc3)=CN(S(=O)(=O)c3ccccc3)C12. The van der Waals surface area contributed by atoms with E-state index >= 15 is 0 Å². The highest BCUT2D eigenvalue weighted by molar-refractivity contribution is 7.89. The van der Waals surface area contributed by atoms with Gasteiger partial charge in [0, 0.05) is 12.3 Å². The summed E-state index contributed by atoms with van der Waals surface area (Å²) in [6, 6.07) is 14.7. The highest BCUT2D eigenvalue weighted by Gasteiger charge is 2.52. The average Bonchev–Trinajstić information content (AvgIpc) is 3.13. The van der Waals surface area contributed by atoms with Crippen molar-refractivity contribution in [3.05, 3.63) is 84.1 Å². The standard InChI is InChI=1S/C21H15NO6S/c23-17-11-15(21(25)26)19-18(20(17)24)16(13-7-3-1-4-8-13)12-22(19)29(27,28)14-9-5-2-6-10-14/h1-12,18-19H,(H,25,26). The molecule has 0 saturated carbocycles. The van der Waals surface area contributed by atoms with Gasteiger partial charge in [-0.05, 0) is 23.3 Å². The van der Waals surface area contributed by atoms with Gasteiger partial charge in [-0.1, -0.05) is 48.5 Å². The van der Waals surface area contributed by atoms with Crippen LogP contribution < -0.4 is 0 Å². The zero-order valence-electron chi connectivity index (χ0n) is 14.9. The molecule has 8 heteroatoms. The van der Waals surface area contributed by atoms with E-state index in [4.69, 9.17) is 0 Å². The summed E-state index contributed by atoms with van der Waals surface area (Å²) in [5.41, 5.74) is 0.405. The van der Waals surface area contributed by atoms with Crippen molar-refractivity contribution in [2.75, 3.05) is 0 Å². The molecule has 0 amide bonds. The number of sulfonamides is 1. The molecule has 0 bridgehead atoms. The third kappa shape index (κ3) is 2.98. The first-order valence-corrected chi connectivity index (χ1v) is 10.1. The number of allylic oxidation sites excluding steroid dienone is 1. The first-order valence-electron chi connectivity index (χ1n) is 8.71. The van der Waals surface area contributed by atoms with E-state index in [9.17, 15) is 27.9 Å². The van der Waals surface area contributed by atoms with Gasteiger partial charge in [-0.3, -0.25) is 13.9 Å². The minimum atomic E-state index is -4.17. The Bertz CT molecular complexity index is 1180. The van der Waals surface area contributed by atoms with Crippen molar-refractivity contribution >= 4 is 33.1 Å². The molecular weight excluding hydrogens is 394 g/mol. The minimum absolute atomic E-state index is 0.0431. The van der Waals surface area contributed by atoms with E-state index in [1.807, 2.05) is 0 Å². The summed E-state index contributed by atoms with van der Waals surface area (Å²) in [7, 11) is -4.17. The van der Waals surface area contributed by atoms with Crippen LogP contribution in [-0.4, -0.2) is 41.4 Å². The molecule has 1 aliphatic heterocycles. The molecule has 2 aliphatic rings. The molecule has 0 aromatic heterocycles. The van der Waals surface area contributed by atoms with Gasteiger partial charge in [-0.25, -0.2) is 13.2 Å². The molecule has 146 valence electrons. The van der Waals surface area contributed by atoms with Gasteiger partial charge < -0.3 is 5.11 Å². The fourth-order valence-electron chi connectivity index (χ4n) is 3.67. The van der Waals surface area contributed by atoms with Crippen molar-refractivity contribution < 1.29 is 27.9 Å². The number of carboxylic acids is 1. The molecule has 0 fully saturated rings. The Morgan fingerprint density at radius 2 is 1.52 bits per heavy atom. The summed E-state index contributed by atoms with van der Waals surface area (Å²) < 4.78 is 27.5. The third-order valence-corrected chi connectivity index (χ3v) is 6.75. The fourth-order valence-corrected chi connectivity index (χ4v) is 5.20. The van der Waals surface area contributed by atoms with E-state index in [1.54, 1.807) is 48.5 Å². The number of hydrogen-bond acceptors (Lipinski definition) is 5. The molecule has 2 aromatic carbocycles. The van der Waals surface area contributed by atoms with Crippen molar-refractivity contribution in [2.45, 2.75) is 10.9 Å². The quantitative estimate of drug-likeness (QED) is 0.773. The number of rotatable bonds is 4. The molecule has 2 atom stereocenters. The monoisotopic (exact) mass is 409 g/mol. The summed E-state index contributed by atoms with van der Waals surface area (Å²) in [5, 5.41) is 9.62. The van der Waals surface area contributed by atoms with Gasteiger partial charge in [0.05, 0.1) is 22.4 Å². The Morgan fingerprint density at radius 3 is 2.10 bits per heavy atom. The van der Waals surface area contributed by atoms with Crippen LogP contribution in [0.4, 0.5) is 0 Å². The molecule has 0 spiro atoms. The van der Waals surface area contributed by atoms with E-state index < -0.39 is 45.1 Å². The normalized spacial score (nSPS) is 21.4. The van der Waals surface area contributed by atoms with Crippen molar-refractivity contribution in [1.82, 2.24) is 4.31 Å². The van der Waals surface area contributed by atoms with Crippen LogP contribution >= 0.6 is 0 Å². The molecule has 1 aliphatic carbocycles. The van der Waals surface area contributed by atoms with Crippen LogP contribution in [0.15, 0.2) is 83.4 Å². The van der Waals surface area contributed by atoms with Crippen LogP contribution in [0.1, 0.15) is 5.56 Å². The number of aliphatic carboxylic acids is 1. The summed E-state index contributed by atoms with van der Waals surface area (Å²) in [4.78, 5) is 36.7. The van der Waals surface area contributed by atoms with Gasteiger partial charge in [0.15, 0.2) is 0 Å². The van der Waals surface area contributed by atoms with E-state index in [2.05, 4.69) is 0 Å². The lowest BCUT2D eigenvalue weighted by molar-refractivity contribution is -0.138. The molecule has 0 radical (unpaired) electrons. The maximum Gasteiger partial charge on any atom is 0.333 e. The smallest absolute Gasteiger partial charge is 0.333 e. The van der Waals surface area contributed by atoms with Crippen LogP contribution in [0.2, 0.25) is 0 Å². The third-order valence-electron chi connectivity index (χ3n) is 4.99. The van der Waals surface area contributed by atoms with Crippen LogP contribution in [0.5, 0.6) is 0 Å². The van der Waals surface area contributed by atoms with Crippen LogP contribution in [0.3, 0.4) is 0 Å². The number of carbonyl (C=O) groups excluding carboxylic acids is 2. The second-order valence-corrected chi connectivity index (χ2v) is 8.50. The zero-order valence-corrected chi connectivity index (χ0v) is 15.7. The Kier molecular flexibility index (Phi) is 4.43.